The molecule has 0 atom stereocenters. The van der Waals surface area contributed by atoms with Crippen molar-refractivity contribution in [1.29, 1.82) is 0 Å². The third-order valence-corrected chi connectivity index (χ3v) is 4.26. The first-order valence-electron chi connectivity index (χ1n) is 7.58. The Labute approximate surface area is 117 Å². The number of hydrogen-bond acceptors (Lipinski definition) is 3. The van der Waals surface area contributed by atoms with Gasteiger partial charge < -0.3 is 10.2 Å². The van der Waals surface area contributed by atoms with E-state index in [4.69, 9.17) is 0 Å². The molecule has 0 saturated carbocycles. The summed E-state index contributed by atoms with van der Waals surface area (Å²) in [6.07, 6.45) is 5.64. The minimum atomic E-state index is 0.628. The van der Waals surface area contributed by atoms with Crippen LogP contribution in [-0.2, 0) is 13.5 Å². The van der Waals surface area contributed by atoms with Crippen LogP contribution in [0, 0.1) is 5.92 Å². The van der Waals surface area contributed by atoms with Gasteiger partial charge in [-0.2, -0.15) is 5.10 Å². The van der Waals surface area contributed by atoms with E-state index in [0.717, 1.165) is 18.9 Å². The molecule has 0 bridgehead atoms. The monoisotopic (exact) mass is 264 g/mol. The molecule has 0 unspecified atom stereocenters. The Morgan fingerprint density at radius 1 is 1.42 bits per heavy atom. The minimum absolute atomic E-state index is 0.628. The second-order valence-corrected chi connectivity index (χ2v) is 5.98. The lowest BCUT2D eigenvalue weighted by Gasteiger charge is -2.32. The Hall–Kier alpha value is -0.870. The van der Waals surface area contributed by atoms with Crippen LogP contribution in [0.15, 0.2) is 12.3 Å². The van der Waals surface area contributed by atoms with Gasteiger partial charge in [0.25, 0.3) is 0 Å². The van der Waals surface area contributed by atoms with Crippen molar-refractivity contribution < 1.29 is 0 Å². The zero-order valence-electron chi connectivity index (χ0n) is 12.6. The highest BCUT2D eigenvalue weighted by molar-refractivity contribution is 5.00. The van der Waals surface area contributed by atoms with Crippen LogP contribution in [-0.4, -0.2) is 46.9 Å². The maximum atomic E-state index is 4.24. The predicted molar refractivity (Wildman–Crippen MR) is 79.2 cm³/mol. The molecule has 1 aromatic heterocycles. The van der Waals surface area contributed by atoms with Crippen LogP contribution in [0.3, 0.4) is 0 Å². The number of nitrogens with zero attached hydrogens (tertiary/aromatic N) is 3. The van der Waals surface area contributed by atoms with Crippen LogP contribution in [0.4, 0.5) is 0 Å². The molecule has 1 N–H and O–H groups in total. The molecule has 0 radical (unpaired) electrons. The maximum Gasteiger partial charge on any atom is 0.0492 e. The first-order valence-corrected chi connectivity index (χ1v) is 7.58. The number of hydrogen-bond donors (Lipinski definition) is 1. The fourth-order valence-corrected chi connectivity index (χ4v) is 2.86. The number of rotatable bonds is 6. The van der Waals surface area contributed by atoms with Crippen molar-refractivity contribution in [2.45, 2.75) is 39.2 Å². The van der Waals surface area contributed by atoms with Crippen LogP contribution < -0.4 is 5.32 Å². The van der Waals surface area contributed by atoms with Gasteiger partial charge in [0.15, 0.2) is 0 Å². The first kappa shape index (κ1) is 14.5. The maximum absolute atomic E-state index is 4.24. The molecule has 0 amide bonds. The smallest absolute Gasteiger partial charge is 0.0492 e. The molecular weight excluding hydrogens is 236 g/mol. The molecule has 1 saturated heterocycles. The first-order chi connectivity index (χ1) is 9.16. The van der Waals surface area contributed by atoms with Gasteiger partial charge in [0, 0.05) is 44.5 Å². The van der Waals surface area contributed by atoms with E-state index >= 15 is 0 Å². The van der Waals surface area contributed by atoms with E-state index in [9.17, 15) is 0 Å². The van der Waals surface area contributed by atoms with Gasteiger partial charge in [0.05, 0.1) is 0 Å². The Morgan fingerprint density at radius 3 is 2.74 bits per heavy atom. The van der Waals surface area contributed by atoms with Crippen molar-refractivity contribution in [3.05, 3.63) is 18.0 Å². The van der Waals surface area contributed by atoms with Gasteiger partial charge in [-0.25, -0.2) is 0 Å². The molecule has 108 valence electrons. The van der Waals surface area contributed by atoms with Crippen molar-refractivity contribution >= 4 is 0 Å². The molecule has 1 aliphatic heterocycles. The van der Waals surface area contributed by atoms with Gasteiger partial charge >= 0.3 is 0 Å². The van der Waals surface area contributed by atoms with Gasteiger partial charge in [-0.3, -0.25) is 4.68 Å². The third kappa shape index (κ3) is 4.32. The zero-order valence-corrected chi connectivity index (χ0v) is 12.6. The van der Waals surface area contributed by atoms with Gasteiger partial charge in [0.2, 0.25) is 0 Å². The molecule has 0 aromatic carbocycles. The number of nitrogens with one attached hydrogen (secondary N) is 1. The molecule has 2 heterocycles. The van der Waals surface area contributed by atoms with Gasteiger partial charge in [0.1, 0.15) is 0 Å². The molecule has 0 spiro atoms. The summed E-state index contributed by atoms with van der Waals surface area (Å²) in [5.74, 6) is 0.871. The van der Waals surface area contributed by atoms with Crippen LogP contribution in [0.25, 0.3) is 0 Å². The van der Waals surface area contributed by atoms with Crippen molar-refractivity contribution in [3.8, 4) is 0 Å². The minimum Gasteiger partial charge on any atom is -0.317 e. The SMILES string of the molecule is CC(C)N(CCc1ccnn1C)CC1CCNCC1. The molecule has 1 fully saturated rings. The predicted octanol–water partition coefficient (Wildman–Crippen LogP) is 1.67. The van der Waals surface area contributed by atoms with E-state index in [-0.39, 0.29) is 0 Å². The highest BCUT2D eigenvalue weighted by Crippen LogP contribution is 2.15. The Kier molecular flexibility index (Phi) is 5.40. The fourth-order valence-electron chi connectivity index (χ4n) is 2.86. The Bertz CT molecular complexity index is 366. The summed E-state index contributed by atoms with van der Waals surface area (Å²) >= 11 is 0. The molecule has 1 aliphatic rings. The Morgan fingerprint density at radius 2 is 2.16 bits per heavy atom. The number of aryl methyl sites for hydroxylation is 1. The molecule has 4 nitrogen and oxygen atoms in total. The van der Waals surface area contributed by atoms with E-state index in [1.165, 1.54) is 38.2 Å². The number of aromatic nitrogens is 2. The molecule has 19 heavy (non-hydrogen) atoms. The normalized spacial score (nSPS) is 17.5. The van der Waals surface area contributed by atoms with Gasteiger partial charge in [-0.05, 0) is 51.8 Å². The van der Waals surface area contributed by atoms with Crippen LogP contribution in [0.1, 0.15) is 32.4 Å². The summed E-state index contributed by atoms with van der Waals surface area (Å²) in [6.45, 7) is 9.39. The topological polar surface area (TPSA) is 33.1 Å². The summed E-state index contributed by atoms with van der Waals surface area (Å²) in [5, 5.41) is 7.69. The van der Waals surface area contributed by atoms with E-state index in [1.807, 2.05) is 17.9 Å². The average Bonchev–Trinajstić information content (AvgIpc) is 2.81. The highest BCUT2D eigenvalue weighted by Gasteiger charge is 2.18. The summed E-state index contributed by atoms with van der Waals surface area (Å²) < 4.78 is 1.99. The quantitative estimate of drug-likeness (QED) is 0.848. The second kappa shape index (κ2) is 7.06. The lowest BCUT2D eigenvalue weighted by atomic mass is 9.97. The highest BCUT2D eigenvalue weighted by atomic mass is 15.3. The zero-order chi connectivity index (χ0) is 13.7. The summed E-state index contributed by atoms with van der Waals surface area (Å²) in [5.41, 5.74) is 1.33. The van der Waals surface area contributed by atoms with E-state index in [1.54, 1.807) is 0 Å². The largest absolute Gasteiger partial charge is 0.317 e. The van der Waals surface area contributed by atoms with E-state index in [0.29, 0.717) is 6.04 Å². The second-order valence-electron chi connectivity index (χ2n) is 5.98. The third-order valence-electron chi connectivity index (χ3n) is 4.26. The molecular formula is C15H28N4. The molecule has 0 aliphatic carbocycles. The lowest BCUT2D eigenvalue weighted by Crippen LogP contribution is -2.40. The van der Waals surface area contributed by atoms with Crippen molar-refractivity contribution in [2.75, 3.05) is 26.2 Å². The fraction of sp³-hybridized carbons (Fsp3) is 0.800. The van der Waals surface area contributed by atoms with Crippen molar-refractivity contribution in [1.82, 2.24) is 20.0 Å². The summed E-state index contributed by atoms with van der Waals surface area (Å²) in [7, 11) is 2.03. The molecule has 1 aromatic rings. The van der Waals surface area contributed by atoms with Crippen LogP contribution >= 0.6 is 0 Å². The molecule has 4 heteroatoms. The van der Waals surface area contributed by atoms with Gasteiger partial charge in [-0.1, -0.05) is 0 Å². The average molecular weight is 264 g/mol. The summed E-state index contributed by atoms with van der Waals surface area (Å²) in [4.78, 5) is 2.63. The molecule has 2 rings (SSSR count). The van der Waals surface area contributed by atoms with E-state index in [2.05, 4.69) is 35.2 Å². The lowest BCUT2D eigenvalue weighted by molar-refractivity contribution is 0.170. The summed E-state index contributed by atoms with van der Waals surface area (Å²) in [6, 6.07) is 2.76. The number of piperidine rings is 1. The van der Waals surface area contributed by atoms with Crippen molar-refractivity contribution in [2.24, 2.45) is 13.0 Å². The van der Waals surface area contributed by atoms with Crippen molar-refractivity contribution in [3.63, 3.8) is 0 Å². The standard InChI is InChI=1S/C15H28N4/c1-13(2)19(12-14-4-8-16-9-5-14)11-7-15-6-10-17-18(15)3/h6,10,13-14,16H,4-5,7-9,11-12H2,1-3H3. The van der Waals surface area contributed by atoms with Gasteiger partial charge in [-0.15, -0.1) is 0 Å². The van der Waals surface area contributed by atoms with E-state index < -0.39 is 0 Å². The van der Waals surface area contributed by atoms with Crippen LogP contribution in [0.2, 0.25) is 0 Å². The Balaban J connectivity index is 1.83. The van der Waals surface area contributed by atoms with Crippen LogP contribution in [0.5, 0.6) is 0 Å².